The Labute approximate surface area is 134 Å². The highest BCUT2D eigenvalue weighted by molar-refractivity contribution is 5.85. The first-order valence-electron chi connectivity index (χ1n) is 8.57. The number of fused-ring (bicyclic) bond motifs is 1. The highest BCUT2D eigenvalue weighted by Gasteiger charge is 2.51. The predicted molar refractivity (Wildman–Crippen MR) is 88.4 cm³/mol. The van der Waals surface area contributed by atoms with Crippen molar-refractivity contribution in [1.82, 2.24) is 4.90 Å². The van der Waals surface area contributed by atoms with E-state index in [0.717, 1.165) is 17.8 Å². The zero-order valence-corrected chi connectivity index (χ0v) is 13.6. The van der Waals surface area contributed by atoms with E-state index in [1.54, 1.807) is 49.7 Å². The summed E-state index contributed by atoms with van der Waals surface area (Å²) in [6.45, 7) is 3.79. The molecule has 1 aromatic carbocycles. The molecule has 21 heavy (non-hydrogen) atoms. The van der Waals surface area contributed by atoms with Gasteiger partial charge in [-0.2, -0.15) is 0 Å². The van der Waals surface area contributed by atoms with Crippen molar-refractivity contribution in [3.63, 3.8) is 0 Å². The molecular formula is C19H26ClN. The van der Waals surface area contributed by atoms with Gasteiger partial charge in [0, 0.05) is 19.6 Å². The fraction of sp³-hybridized carbons (Fsp3) is 0.684. The zero-order chi connectivity index (χ0) is 13.2. The van der Waals surface area contributed by atoms with Crippen LogP contribution in [-0.4, -0.2) is 11.4 Å². The van der Waals surface area contributed by atoms with E-state index in [-0.39, 0.29) is 12.4 Å². The Bertz CT molecular complexity index is 478. The lowest BCUT2D eigenvalue weighted by atomic mass is 9.49. The molecule has 0 N–H and O–H groups in total. The van der Waals surface area contributed by atoms with Crippen LogP contribution in [0, 0.1) is 23.2 Å². The molecule has 0 unspecified atom stereocenters. The van der Waals surface area contributed by atoms with E-state index < -0.39 is 0 Å². The minimum absolute atomic E-state index is 0. The van der Waals surface area contributed by atoms with Crippen molar-refractivity contribution in [2.75, 3.05) is 6.54 Å². The van der Waals surface area contributed by atoms with Crippen LogP contribution < -0.4 is 0 Å². The molecule has 1 aliphatic heterocycles. The first-order valence-corrected chi connectivity index (χ1v) is 8.57. The summed E-state index contributed by atoms with van der Waals surface area (Å²) < 4.78 is 0. The molecule has 0 aromatic heterocycles. The Balaban J connectivity index is 0.00000115. The normalized spacial score (nSPS) is 40.1. The van der Waals surface area contributed by atoms with Crippen LogP contribution in [0.4, 0.5) is 0 Å². The summed E-state index contributed by atoms with van der Waals surface area (Å²) in [5.41, 5.74) is 3.87. The van der Waals surface area contributed by atoms with Gasteiger partial charge in [-0.25, -0.2) is 0 Å². The third kappa shape index (κ3) is 2.33. The molecule has 1 heterocycles. The monoisotopic (exact) mass is 303 g/mol. The molecule has 0 spiro atoms. The second-order valence-electron chi connectivity index (χ2n) is 8.33. The highest BCUT2D eigenvalue weighted by atomic mass is 35.5. The maximum absolute atomic E-state index is 2.75. The lowest BCUT2D eigenvalue weighted by Gasteiger charge is -2.57. The lowest BCUT2D eigenvalue weighted by molar-refractivity contribution is -0.0698. The SMILES string of the molecule is Cl.c1ccc2c(c1)CN(CC13CC4CC(CC(C4)C1)C3)C2. The number of rotatable bonds is 2. The van der Waals surface area contributed by atoms with Gasteiger partial charge in [-0.05, 0) is 72.8 Å². The van der Waals surface area contributed by atoms with E-state index >= 15 is 0 Å². The molecule has 0 saturated heterocycles. The summed E-state index contributed by atoms with van der Waals surface area (Å²) in [7, 11) is 0. The van der Waals surface area contributed by atoms with Crippen LogP contribution in [0.3, 0.4) is 0 Å². The van der Waals surface area contributed by atoms with E-state index in [1.165, 1.54) is 19.6 Å². The molecule has 1 aromatic rings. The van der Waals surface area contributed by atoms with Gasteiger partial charge >= 0.3 is 0 Å². The molecule has 0 amide bonds. The van der Waals surface area contributed by atoms with Gasteiger partial charge in [-0.15, -0.1) is 12.4 Å². The smallest absolute Gasteiger partial charge is 0.0240 e. The summed E-state index contributed by atoms with van der Waals surface area (Å²) in [5, 5.41) is 0. The Hall–Kier alpha value is -0.530. The number of hydrogen-bond acceptors (Lipinski definition) is 1. The van der Waals surface area contributed by atoms with E-state index in [1.807, 2.05) is 0 Å². The average Bonchev–Trinajstić information content (AvgIpc) is 2.77. The van der Waals surface area contributed by atoms with Crippen molar-refractivity contribution in [2.24, 2.45) is 23.2 Å². The van der Waals surface area contributed by atoms with Gasteiger partial charge in [0.15, 0.2) is 0 Å². The van der Waals surface area contributed by atoms with Gasteiger partial charge in [0.1, 0.15) is 0 Å². The van der Waals surface area contributed by atoms with Gasteiger partial charge in [-0.3, -0.25) is 4.90 Å². The number of hydrogen-bond donors (Lipinski definition) is 0. The maximum Gasteiger partial charge on any atom is 0.0240 e. The van der Waals surface area contributed by atoms with Crippen molar-refractivity contribution in [3.8, 4) is 0 Å². The van der Waals surface area contributed by atoms with Crippen molar-refractivity contribution < 1.29 is 0 Å². The second kappa shape index (κ2) is 4.99. The maximum atomic E-state index is 2.75. The van der Waals surface area contributed by atoms with E-state index in [9.17, 15) is 0 Å². The van der Waals surface area contributed by atoms with Gasteiger partial charge in [0.2, 0.25) is 0 Å². The minimum atomic E-state index is 0. The third-order valence-electron chi connectivity index (χ3n) is 6.63. The first-order chi connectivity index (χ1) is 9.78. The fourth-order valence-electron chi connectivity index (χ4n) is 6.47. The standard InChI is InChI=1S/C19H25N.ClH/c1-2-4-18-12-20(11-17(18)3-1)13-19-8-14-5-15(9-19)7-16(6-14)10-19;/h1-4,14-16H,5-13H2;1H. The average molecular weight is 304 g/mol. The quantitative estimate of drug-likeness (QED) is 0.769. The van der Waals surface area contributed by atoms with Crippen molar-refractivity contribution in [2.45, 2.75) is 51.6 Å². The van der Waals surface area contributed by atoms with Crippen molar-refractivity contribution in [1.29, 1.82) is 0 Å². The van der Waals surface area contributed by atoms with Crippen LogP contribution in [0.2, 0.25) is 0 Å². The molecule has 6 rings (SSSR count). The molecule has 0 radical (unpaired) electrons. The van der Waals surface area contributed by atoms with Crippen LogP contribution in [0.5, 0.6) is 0 Å². The van der Waals surface area contributed by atoms with Crippen LogP contribution in [-0.2, 0) is 13.1 Å². The van der Waals surface area contributed by atoms with Gasteiger partial charge in [0.25, 0.3) is 0 Å². The second-order valence-corrected chi connectivity index (χ2v) is 8.33. The van der Waals surface area contributed by atoms with Crippen LogP contribution in [0.25, 0.3) is 0 Å². The van der Waals surface area contributed by atoms with Crippen LogP contribution in [0.1, 0.15) is 49.7 Å². The molecule has 4 saturated carbocycles. The van der Waals surface area contributed by atoms with E-state index in [4.69, 9.17) is 0 Å². The summed E-state index contributed by atoms with van der Waals surface area (Å²) in [5.74, 6) is 3.27. The molecular weight excluding hydrogens is 278 g/mol. The Morgan fingerprint density at radius 3 is 1.81 bits per heavy atom. The van der Waals surface area contributed by atoms with Crippen molar-refractivity contribution in [3.05, 3.63) is 35.4 Å². The Morgan fingerprint density at radius 1 is 0.857 bits per heavy atom. The summed E-state index contributed by atoms with van der Waals surface area (Å²) in [4.78, 5) is 2.75. The molecule has 4 aliphatic carbocycles. The van der Waals surface area contributed by atoms with Gasteiger partial charge in [0.05, 0.1) is 0 Å². The minimum Gasteiger partial charge on any atom is -0.294 e. The van der Waals surface area contributed by atoms with E-state index in [0.29, 0.717) is 5.41 Å². The lowest BCUT2D eigenvalue weighted by Crippen LogP contribution is -2.50. The summed E-state index contributed by atoms with van der Waals surface area (Å²) in [6.07, 6.45) is 9.35. The third-order valence-corrected chi connectivity index (χ3v) is 6.63. The number of halogens is 1. The Morgan fingerprint density at radius 2 is 1.33 bits per heavy atom. The Kier molecular flexibility index (Phi) is 3.35. The molecule has 1 nitrogen and oxygen atoms in total. The topological polar surface area (TPSA) is 3.24 Å². The van der Waals surface area contributed by atoms with E-state index in [2.05, 4.69) is 29.2 Å². The van der Waals surface area contributed by atoms with Gasteiger partial charge in [-0.1, -0.05) is 24.3 Å². The summed E-state index contributed by atoms with van der Waals surface area (Å²) >= 11 is 0. The van der Waals surface area contributed by atoms with Crippen LogP contribution >= 0.6 is 12.4 Å². The fourth-order valence-corrected chi connectivity index (χ4v) is 6.47. The first kappa shape index (κ1) is 14.1. The number of nitrogens with zero attached hydrogens (tertiary/aromatic N) is 1. The zero-order valence-electron chi connectivity index (χ0n) is 12.8. The molecule has 5 aliphatic rings. The van der Waals surface area contributed by atoms with Crippen molar-refractivity contribution >= 4 is 12.4 Å². The summed E-state index contributed by atoms with van der Waals surface area (Å²) in [6, 6.07) is 9.06. The van der Waals surface area contributed by atoms with Crippen LogP contribution in [0.15, 0.2) is 24.3 Å². The molecule has 0 atom stereocenters. The molecule has 4 fully saturated rings. The number of benzene rings is 1. The van der Waals surface area contributed by atoms with Gasteiger partial charge < -0.3 is 0 Å². The molecule has 4 bridgehead atoms. The largest absolute Gasteiger partial charge is 0.294 e. The predicted octanol–water partition coefficient (Wildman–Crippen LogP) is 4.64. The molecule has 114 valence electrons. The highest BCUT2D eigenvalue weighted by Crippen LogP contribution is 2.60. The molecule has 2 heteroatoms.